The molecule has 1 saturated heterocycles. The highest BCUT2D eigenvalue weighted by atomic mass is 16.3. The van der Waals surface area contributed by atoms with Gasteiger partial charge in [0.1, 0.15) is 32.7 Å². The first-order chi connectivity index (χ1) is 13.7. The maximum atomic E-state index is 12.2. The van der Waals surface area contributed by atoms with E-state index in [0.717, 1.165) is 43.6 Å². The van der Waals surface area contributed by atoms with Gasteiger partial charge in [-0.3, -0.25) is 4.79 Å². The molecular formula is C21H25N5O2+2. The third-order valence-corrected chi connectivity index (χ3v) is 5.28. The Labute approximate surface area is 163 Å². The standard InChI is InChI=1S/C21H23N5O2/c27-19(23-24-20-17-8-4-5-9-18(17)22-21(20)28)15-26-12-10-25(11-13-26)14-16-6-2-1-3-7-16/h1-9,22,28H,10-15H2/p+2. The topological polar surface area (TPSA) is 86.7 Å². The van der Waals surface area contributed by atoms with E-state index in [1.54, 1.807) is 4.90 Å². The Kier molecular flexibility index (Phi) is 5.45. The summed E-state index contributed by atoms with van der Waals surface area (Å²) in [6.45, 7) is 5.34. The van der Waals surface area contributed by atoms with Crippen LogP contribution in [0.4, 0.5) is 5.69 Å². The van der Waals surface area contributed by atoms with Crippen LogP contribution in [0.2, 0.25) is 0 Å². The van der Waals surface area contributed by atoms with E-state index in [-0.39, 0.29) is 11.8 Å². The van der Waals surface area contributed by atoms with Gasteiger partial charge in [0.25, 0.3) is 0 Å². The average Bonchev–Trinajstić information content (AvgIpc) is 3.04. The summed E-state index contributed by atoms with van der Waals surface area (Å²) in [5, 5.41) is 18.6. The number of amides is 1. The Morgan fingerprint density at radius 2 is 1.64 bits per heavy atom. The van der Waals surface area contributed by atoms with Gasteiger partial charge in [-0.15, -0.1) is 10.2 Å². The van der Waals surface area contributed by atoms with E-state index in [1.165, 1.54) is 10.5 Å². The molecule has 0 unspecified atom stereocenters. The van der Waals surface area contributed by atoms with Gasteiger partial charge in [-0.1, -0.05) is 48.5 Å². The van der Waals surface area contributed by atoms with Crippen LogP contribution in [0, 0.1) is 0 Å². The molecule has 0 spiro atoms. The van der Waals surface area contributed by atoms with Gasteiger partial charge in [0.15, 0.2) is 12.2 Å². The molecule has 0 atom stereocenters. The number of hydrogen-bond acceptors (Lipinski definition) is 3. The Balaban J connectivity index is 1.30. The molecule has 28 heavy (non-hydrogen) atoms. The highest BCUT2D eigenvalue weighted by Gasteiger charge is 2.25. The summed E-state index contributed by atoms with van der Waals surface area (Å²) in [4.78, 5) is 17.9. The monoisotopic (exact) mass is 379 g/mol. The van der Waals surface area contributed by atoms with Gasteiger partial charge >= 0.3 is 5.91 Å². The second-order valence-electron chi connectivity index (χ2n) is 7.30. The molecule has 1 fully saturated rings. The van der Waals surface area contributed by atoms with Gasteiger partial charge in [-0.05, 0) is 6.07 Å². The molecule has 0 bridgehead atoms. The van der Waals surface area contributed by atoms with E-state index < -0.39 is 0 Å². The van der Waals surface area contributed by atoms with Crippen molar-refractivity contribution in [3.8, 4) is 5.88 Å². The minimum absolute atomic E-state index is 0.0665. The number of nitrogens with one attached hydrogen (secondary N) is 3. The number of aromatic nitrogens is 1. The van der Waals surface area contributed by atoms with Crippen molar-refractivity contribution in [3.63, 3.8) is 0 Å². The van der Waals surface area contributed by atoms with Crippen molar-refractivity contribution in [3.05, 3.63) is 60.2 Å². The number of azo groups is 1. The first-order valence-corrected chi connectivity index (χ1v) is 9.64. The number of aromatic hydroxyl groups is 1. The van der Waals surface area contributed by atoms with Crippen molar-refractivity contribution in [2.75, 3.05) is 32.7 Å². The maximum Gasteiger partial charge on any atom is 0.319 e. The average molecular weight is 379 g/mol. The van der Waals surface area contributed by atoms with Crippen LogP contribution in [0.3, 0.4) is 0 Å². The van der Waals surface area contributed by atoms with Gasteiger partial charge < -0.3 is 19.9 Å². The van der Waals surface area contributed by atoms with E-state index in [1.807, 2.05) is 30.3 Å². The quantitative estimate of drug-likeness (QED) is 0.486. The van der Waals surface area contributed by atoms with Crippen LogP contribution in [0.15, 0.2) is 64.8 Å². The van der Waals surface area contributed by atoms with Crippen LogP contribution in [-0.4, -0.2) is 48.7 Å². The first-order valence-electron chi connectivity index (χ1n) is 9.64. The molecule has 2 aromatic carbocycles. The third-order valence-electron chi connectivity index (χ3n) is 5.28. The van der Waals surface area contributed by atoms with Gasteiger partial charge in [-0.25, -0.2) is 0 Å². The van der Waals surface area contributed by atoms with Gasteiger partial charge in [0, 0.05) is 10.9 Å². The normalized spacial score (nSPS) is 20.0. The smallest absolute Gasteiger partial charge is 0.319 e. The Bertz CT molecular complexity index is 975. The number of para-hydroxylation sites is 1. The molecule has 3 aromatic rings. The zero-order valence-electron chi connectivity index (χ0n) is 15.7. The van der Waals surface area contributed by atoms with Crippen LogP contribution in [-0.2, 0) is 11.3 Å². The molecule has 1 aliphatic rings. The zero-order valence-corrected chi connectivity index (χ0v) is 15.7. The summed E-state index contributed by atoms with van der Waals surface area (Å²) in [7, 11) is 0. The summed E-state index contributed by atoms with van der Waals surface area (Å²) in [5.41, 5.74) is 2.44. The molecule has 7 nitrogen and oxygen atoms in total. The molecule has 0 aliphatic carbocycles. The number of rotatable bonds is 5. The summed E-state index contributed by atoms with van der Waals surface area (Å²) < 4.78 is 0. The van der Waals surface area contributed by atoms with E-state index in [9.17, 15) is 9.90 Å². The van der Waals surface area contributed by atoms with E-state index in [2.05, 4.69) is 39.5 Å². The van der Waals surface area contributed by atoms with Gasteiger partial charge in [0.05, 0.1) is 5.52 Å². The molecule has 2 heterocycles. The largest absolute Gasteiger partial charge is 0.493 e. The molecule has 1 amide bonds. The molecule has 0 saturated carbocycles. The SMILES string of the molecule is O=C(C[NH+]1CC[NH+](Cc2ccccc2)CC1)N=Nc1c(O)[nH]c2ccccc12. The lowest BCUT2D eigenvalue weighted by molar-refractivity contribution is -1.02. The summed E-state index contributed by atoms with van der Waals surface area (Å²) in [6, 6.07) is 17.9. The molecule has 4 rings (SSSR count). The molecule has 0 radical (unpaired) electrons. The Morgan fingerprint density at radius 1 is 0.964 bits per heavy atom. The van der Waals surface area contributed by atoms with E-state index >= 15 is 0 Å². The second-order valence-corrected chi connectivity index (χ2v) is 7.30. The predicted molar refractivity (Wildman–Crippen MR) is 106 cm³/mol. The highest BCUT2D eigenvalue weighted by molar-refractivity contribution is 5.94. The third kappa shape index (κ3) is 4.27. The second kappa shape index (κ2) is 8.33. The maximum absolute atomic E-state index is 12.2. The first kappa shape index (κ1) is 18.3. The Morgan fingerprint density at radius 3 is 2.43 bits per heavy atom. The Hall–Kier alpha value is -3.03. The van der Waals surface area contributed by atoms with Crippen LogP contribution in [0.1, 0.15) is 5.56 Å². The number of quaternary nitrogens is 2. The molecule has 7 heteroatoms. The summed E-state index contributed by atoms with van der Waals surface area (Å²) in [5.74, 6) is -0.325. The van der Waals surface area contributed by atoms with Crippen LogP contribution < -0.4 is 9.80 Å². The highest BCUT2D eigenvalue weighted by Crippen LogP contribution is 2.34. The molecular weight excluding hydrogens is 354 g/mol. The van der Waals surface area contributed by atoms with Crippen molar-refractivity contribution in [1.82, 2.24) is 4.98 Å². The summed E-state index contributed by atoms with van der Waals surface area (Å²) in [6.07, 6.45) is 0. The number of carbonyl (C=O) groups is 1. The number of nitrogens with zero attached hydrogens (tertiary/aromatic N) is 2. The van der Waals surface area contributed by atoms with Gasteiger partial charge in [-0.2, -0.15) is 0 Å². The molecule has 1 aromatic heterocycles. The predicted octanol–water partition coefficient (Wildman–Crippen LogP) is 0.467. The van der Waals surface area contributed by atoms with Crippen LogP contribution in [0.5, 0.6) is 5.88 Å². The fourth-order valence-electron chi connectivity index (χ4n) is 3.76. The molecule has 144 valence electrons. The fraction of sp³-hybridized carbons (Fsp3) is 0.286. The number of benzene rings is 2. The number of fused-ring (bicyclic) bond motifs is 1. The van der Waals surface area contributed by atoms with Crippen LogP contribution >= 0.6 is 0 Å². The lowest BCUT2D eigenvalue weighted by Gasteiger charge is -2.28. The van der Waals surface area contributed by atoms with Crippen molar-refractivity contribution >= 4 is 22.5 Å². The number of piperazine rings is 1. The molecule has 1 aliphatic heterocycles. The van der Waals surface area contributed by atoms with Crippen molar-refractivity contribution in [1.29, 1.82) is 0 Å². The van der Waals surface area contributed by atoms with Crippen molar-refractivity contribution < 1.29 is 19.7 Å². The number of H-pyrrole nitrogens is 1. The lowest BCUT2D eigenvalue weighted by atomic mass is 10.2. The van der Waals surface area contributed by atoms with Gasteiger partial charge in [0.2, 0.25) is 5.88 Å². The van der Waals surface area contributed by atoms with E-state index in [4.69, 9.17) is 0 Å². The van der Waals surface area contributed by atoms with Crippen molar-refractivity contribution in [2.24, 2.45) is 10.2 Å². The van der Waals surface area contributed by atoms with E-state index in [0.29, 0.717) is 12.2 Å². The minimum Gasteiger partial charge on any atom is -0.493 e. The van der Waals surface area contributed by atoms with Crippen LogP contribution in [0.25, 0.3) is 10.9 Å². The zero-order chi connectivity index (χ0) is 19.3. The van der Waals surface area contributed by atoms with Crippen molar-refractivity contribution in [2.45, 2.75) is 6.54 Å². The lowest BCUT2D eigenvalue weighted by Crippen LogP contribution is -3.27. The fourth-order valence-corrected chi connectivity index (χ4v) is 3.76. The number of aromatic amines is 1. The number of carbonyl (C=O) groups excluding carboxylic acids is 1. The summed E-state index contributed by atoms with van der Waals surface area (Å²) >= 11 is 0. The number of hydrogen-bond donors (Lipinski definition) is 4. The molecule has 4 N–H and O–H groups in total. The minimum atomic E-state index is -0.258.